The zero-order valence-corrected chi connectivity index (χ0v) is 17.7. The number of thiazole rings is 1. The molecule has 1 aromatic heterocycles. The number of amides is 1. The van der Waals surface area contributed by atoms with Gasteiger partial charge < -0.3 is 0 Å². The molecule has 0 N–H and O–H groups in total. The highest BCUT2D eigenvalue weighted by molar-refractivity contribution is 7.14. The van der Waals surface area contributed by atoms with E-state index in [2.05, 4.69) is 20.3 Å². The maximum Gasteiger partial charge on any atom is 0.282 e. The van der Waals surface area contributed by atoms with Gasteiger partial charge in [-0.15, -0.1) is 11.3 Å². The molecule has 0 saturated carbocycles. The standard InChI is InChI=1S/C21H18ClN5OS/c1-12-7-9-15(10-8-12)18-11-29-21(23-18)27-20(28)19(14(3)26-27)25-24-17-6-4-5-16(22)13(17)2/h4-11,19H,1-3H3/t19-/m1/s1. The second kappa shape index (κ2) is 7.85. The molecule has 1 atom stereocenters. The molecule has 0 radical (unpaired) electrons. The van der Waals surface area contributed by atoms with Gasteiger partial charge in [0.1, 0.15) is 0 Å². The second-order valence-corrected chi connectivity index (χ2v) is 8.02. The molecule has 0 spiro atoms. The molecule has 0 fully saturated rings. The van der Waals surface area contributed by atoms with E-state index in [0.717, 1.165) is 16.8 Å². The SMILES string of the molecule is CC1=NN(c2nc(-c3ccc(C)cc3)cs2)C(=O)[C@@H]1N=Nc1cccc(Cl)c1C. The van der Waals surface area contributed by atoms with Crippen molar-refractivity contribution in [3.8, 4) is 11.3 Å². The number of carbonyl (C=O) groups is 1. The van der Waals surface area contributed by atoms with Gasteiger partial charge >= 0.3 is 0 Å². The van der Waals surface area contributed by atoms with Gasteiger partial charge in [-0.3, -0.25) is 4.79 Å². The summed E-state index contributed by atoms with van der Waals surface area (Å²) < 4.78 is 0. The molecule has 29 heavy (non-hydrogen) atoms. The molecule has 3 aromatic rings. The number of anilines is 1. The monoisotopic (exact) mass is 423 g/mol. The highest BCUT2D eigenvalue weighted by Gasteiger charge is 2.36. The lowest BCUT2D eigenvalue weighted by atomic mass is 10.1. The van der Waals surface area contributed by atoms with Gasteiger partial charge in [-0.25, -0.2) is 4.98 Å². The van der Waals surface area contributed by atoms with Crippen LogP contribution in [0.3, 0.4) is 0 Å². The summed E-state index contributed by atoms with van der Waals surface area (Å²) in [6.45, 7) is 5.67. The van der Waals surface area contributed by atoms with Crippen LogP contribution in [0.4, 0.5) is 10.8 Å². The first-order valence-corrected chi connectivity index (χ1v) is 10.3. The fourth-order valence-electron chi connectivity index (χ4n) is 2.87. The Bertz CT molecular complexity index is 1140. The van der Waals surface area contributed by atoms with E-state index in [9.17, 15) is 4.79 Å². The number of hydrazone groups is 1. The van der Waals surface area contributed by atoms with Crippen molar-refractivity contribution in [1.29, 1.82) is 0 Å². The van der Waals surface area contributed by atoms with Crippen molar-refractivity contribution < 1.29 is 4.79 Å². The molecule has 1 amide bonds. The fraction of sp³-hybridized carbons (Fsp3) is 0.190. The Kier molecular flexibility index (Phi) is 5.25. The van der Waals surface area contributed by atoms with Crippen LogP contribution in [0, 0.1) is 13.8 Å². The Balaban J connectivity index is 1.56. The first kappa shape index (κ1) is 19.4. The van der Waals surface area contributed by atoms with E-state index < -0.39 is 6.04 Å². The third-order valence-corrected chi connectivity index (χ3v) is 5.86. The van der Waals surface area contributed by atoms with Crippen LogP contribution in [0.2, 0.25) is 5.02 Å². The van der Waals surface area contributed by atoms with E-state index in [0.29, 0.717) is 21.6 Å². The number of hydrogen-bond acceptors (Lipinski definition) is 6. The molecule has 2 heterocycles. The fourth-order valence-corrected chi connectivity index (χ4v) is 3.83. The molecule has 4 rings (SSSR count). The lowest BCUT2D eigenvalue weighted by Gasteiger charge is -2.08. The van der Waals surface area contributed by atoms with Crippen molar-refractivity contribution in [3.05, 3.63) is 64.0 Å². The zero-order valence-electron chi connectivity index (χ0n) is 16.1. The predicted molar refractivity (Wildman–Crippen MR) is 117 cm³/mol. The first-order valence-electron chi connectivity index (χ1n) is 9.01. The van der Waals surface area contributed by atoms with Crippen LogP contribution in [0.15, 0.2) is 63.2 Å². The highest BCUT2D eigenvalue weighted by atomic mass is 35.5. The Labute approximate surface area is 177 Å². The van der Waals surface area contributed by atoms with E-state index in [1.54, 1.807) is 19.1 Å². The molecule has 0 aliphatic carbocycles. The Hall–Kier alpha value is -2.90. The molecule has 0 saturated heterocycles. The molecule has 1 aliphatic rings. The van der Waals surface area contributed by atoms with Gasteiger partial charge in [0.25, 0.3) is 5.91 Å². The number of benzene rings is 2. The van der Waals surface area contributed by atoms with Crippen molar-refractivity contribution in [3.63, 3.8) is 0 Å². The van der Waals surface area contributed by atoms with Crippen LogP contribution in [0.1, 0.15) is 18.1 Å². The number of azo groups is 1. The summed E-state index contributed by atoms with van der Waals surface area (Å²) >= 11 is 7.49. The van der Waals surface area contributed by atoms with Gasteiger partial charge in [0.2, 0.25) is 5.13 Å². The van der Waals surface area contributed by atoms with E-state index in [-0.39, 0.29) is 5.91 Å². The third kappa shape index (κ3) is 3.83. The second-order valence-electron chi connectivity index (χ2n) is 6.77. The minimum absolute atomic E-state index is 0.268. The van der Waals surface area contributed by atoms with Gasteiger partial charge in [-0.1, -0.05) is 47.5 Å². The third-order valence-electron chi connectivity index (χ3n) is 4.64. The number of halogens is 1. The van der Waals surface area contributed by atoms with Gasteiger partial charge in [0, 0.05) is 16.0 Å². The van der Waals surface area contributed by atoms with Crippen LogP contribution >= 0.6 is 22.9 Å². The summed E-state index contributed by atoms with van der Waals surface area (Å²) in [5.74, 6) is -0.268. The molecule has 2 aromatic carbocycles. The number of nitrogens with zero attached hydrogens (tertiary/aromatic N) is 5. The zero-order chi connectivity index (χ0) is 20.5. The van der Waals surface area contributed by atoms with Crippen molar-refractivity contribution in [2.75, 3.05) is 5.01 Å². The Morgan fingerprint density at radius 3 is 2.62 bits per heavy atom. The van der Waals surface area contributed by atoms with E-state index in [4.69, 9.17) is 11.6 Å². The van der Waals surface area contributed by atoms with Gasteiger partial charge in [0.15, 0.2) is 6.04 Å². The lowest BCUT2D eigenvalue weighted by molar-refractivity contribution is -0.117. The number of carbonyl (C=O) groups excluding carboxylic acids is 1. The molecule has 6 nitrogen and oxygen atoms in total. The number of aromatic nitrogens is 1. The first-order chi connectivity index (χ1) is 13.9. The summed E-state index contributed by atoms with van der Waals surface area (Å²) in [5, 5.41) is 17.2. The summed E-state index contributed by atoms with van der Waals surface area (Å²) in [6, 6.07) is 12.7. The van der Waals surface area contributed by atoms with Crippen LogP contribution in [-0.2, 0) is 4.79 Å². The number of aryl methyl sites for hydroxylation is 1. The summed E-state index contributed by atoms with van der Waals surface area (Å²) in [5.41, 5.74) is 5.01. The van der Waals surface area contributed by atoms with E-state index >= 15 is 0 Å². The normalized spacial score (nSPS) is 16.7. The summed E-state index contributed by atoms with van der Waals surface area (Å²) in [4.78, 5) is 17.5. The van der Waals surface area contributed by atoms with Crippen LogP contribution in [0.5, 0.6) is 0 Å². The minimum Gasteiger partial charge on any atom is -0.269 e. The molecule has 146 valence electrons. The van der Waals surface area contributed by atoms with E-state index in [1.165, 1.54) is 21.9 Å². The average Bonchev–Trinajstić information content (AvgIpc) is 3.29. The van der Waals surface area contributed by atoms with Gasteiger partial charge in [-0.05, 0) is 38.5 Å². The van der Waals surface area contributed by atoms with Gasteiger partial charge in [-0.2, -0.15) is 20.3 Å². The molecule has 0 unspecified atom stereocenters. The quantitative estimate of drug-likeness (QED) is 0.486. The molecule has 1 aliphatic heterocycles. The van der Waals surface area contributed by atoms with Crippen LogP contribution in [-0.4, -0.2) is 22.6 Å². The maximum atomic E-state index is 12.9. The van der Waals surface area contributed by atoms with Crippen LogP contribution in [0.25, 0.3) is 11.3 Å². The summed E-state index contributed by atoms with van der Waals surface area (Å²) in [6.07, 6.45) is 0. The maximum absolute atomic E-state index is 12.9. The van der Waals surface area contributed by atoms with Gasteiger partial charge in [0.05, 0.1) is 17.1 Å². The smallest absolute Gasteiger partial charge is 0.269 e. The topological polar surface area (TPSA) is 70.3 Å². The predicted octanol–water partition coefficient (Wildman–Crippen LogP) is 5.96. The molecule has 0 bridgehead atoms. The summed E-state index contributed by atoms with van der Waals surface area (Å²) in [7, 11) is 0. The van der Waals surface area contributed by atoms with Crippen molar-refractivity contribution >= 4 is 45.4 Å². The van der Waals surface area contributed by atoms with Crippen LogP contribution < -0.4 is 5.01 Å². The Morgan fingerprint density at radius 2 is 1.86 bits per heavy atom. The molecular formula is C21H18ClN5OS. The number of rotatable bonds is 4. The minimum atomic E-state index is -0.764. The Morgan fingerprint density at radius 1 is 1.10 bits per heavy atom. The number of hydrogen-bond donors (Lipinski definition) is 0. The average molecular weight is 424 g/mol. The highest BCUT2D eigenvalue weighted by Crippen LogP contribution is 2.31. The largest absolute Gasteiger partial charge is 0.282 e. The van der Waals surface area contributed by atoms with E-state index in [1.807, 2.05) is 49.6 Å². The molecular weight excluding hydrogens is 406 g/mol. The van der Waals surface area contributed by atoms with Crippen molar-refractivity contribution in [1.82, 2.24) is 4.98 Å². The van der Waals surface area contributed by atoms with Crippen molar-refractivity contribution in [2.45, 2.75) is 26.8 Å². The van der Waals surface area contributed by atoms with Crippen molar-refractivity contribution in [2.24, 2.45) is 15.3 Å². The molecule has 8 heteroatoms. The lowest BCUT2D eigenvalue weighted by Crippen LogP contribution is -2.29.